The van der Waals surface area contributed by atoms with Gasteiger partial charge in [-0.15, -0.1) is 0 Å². The smallest absolute Gasteiger partial charge is 0.252 e. The van der Waals surface area contributed by atoms with E-state index in [0.717, 1.165) is 16.6 Å². The molecule has 0 aliphatic heterocycles. The van der Waals surface area contributed by atoms with Crippen LogP contribution in [-0.4, -0.2) is 15.9 Å². The molecule has 2 heterocycles. The Morgan fingerprint density at radius 3 is 2.84 bits per heavy atom. The Morgan fingerprint density at radius 1 is 1.26 bits per heavy atom. The third-order valence-electron chi connectivity index (χ3n) is 3.02. The fourth-order valence-corrected chi connectivity index (χ4v) is 2.16. The van der Waals surface area contributed by atoms with Crippen molar-refractivity contribution >= 4 is 22.5 Å². The van der Waals surface area contributed by atoms with Crippen molar-refractivity contribution < 1.29 is 4.79 Å². The number of carbonyl (C=O) groups excluding carboxylic acids is 1. The van der Waals surface area contributed by atoms with E-state index in [4.69, 9.17) is 11.5 Å². The van der Waals surface area contributed by atoms with Crippen LogP contribution in [-0.2, 0) is 0 Å². The molecule has 5 nitrogen and oxygen atoms in total. The van der Waals surface area contributed by atoms with Crippen LogP contribution in [0.3, 0.4) is 0 Å². The second-order valence-corrected chi connectivity index (χ2v) is 4.28. The van der Waals surface area contributed by atoms with E-state index in [0.29, 0.717) is 16.8 Å². The molecule has 0 saturated carbocycles. The number of rotatable bonds is 2. The lowest BCUT2D eigenvalue weighted by molar-refractivity contribution is 0.100. The van der Waals surface area contributed by atoms with Crippen LogP contribution in [0.4, 0.5) is 5.69 Å². The molecule has 0 aliphatic rings. The number of anilines is 1. The topological polar surface area (TPSA) is 97.8 Å². The third-order valence-corrected chi connectivity index (χ3v) is 3.02. The quantitative estimate of drug-likeness (QED) is 0.607. The summed E-state index contributed by atoms with van der Waals surface area (Å²) in [5.74, 6) is -0.501. The summed E-state index contributed by atoms with van der Waals surface area (Å²) in [5.41, 5.74) is 14.5. The summed E-state index contributed by atoms with van der Waals surface area (Å²) in [6.07, 6.45) is 3.24. The zero-order chi connectivity index (χ0) is 13.4. The molecule has 3 rings (SSSR count). The number of fused-ring (bicyclic) bond motifs is 1. The zero-order valence-electron chi connectivity index (χ0n) is 10.1. The molecule has 5 heteroatoms. The number of aromatic amines is 1. The number of amides is 1. The van der Waals surface area contributed by atoms with Crippen LogP contribution in [0, 0.1) is 0 Å². The van der Waals surface area contributed by atoms with Gasteiger partial charge in [0.1, 0.15) is 0 Å². The predicted molar refractivity (Wildman–Crippen MR) is 74.5 cm³/mol. The molecule has 1 amide bonds. The van der Waals surface area contributed by atoms with Crippen LogP contribution in [0.15, 0.2) is 42.7 Å². The molecule has 0 fully saturated rings. The second-order valence-electron chi connectivity index (χ2n) is 4.28. The van der Waals surface area contributed by atoms with Gasteiger partial charge < -0.3 is 16.5 Å². The first-order chi connectivity index (χ1) is 9.16. The molecule has 0 bridgehead atoms. The van der Waals surface area contributed by atoms with Crippen molar-refractivity contribution in [1.29, 1.82) is 0 Å². The number of hydrogen-bond acceptors (Lipinski definition) is 3. The Labute approximate surface area is 109 Å². The number of nitrogens with zero attached hydrogens (tertiary/aromatic N) is 1. The number of hydrogen-bond donors (Lipinski definition) is 3. The van der Waals surface area contributed by atoms with Crippen LogP contribution in [0.5, 0.6) is 0 Å². The molecule has 0 radical (unpaired) electrons. The minimum Gasteiger partial charge on any atom is -0.399 e. The van der Waals surface area contributed by atoms with Gasteiger partial charge in [-0.2, -0.15) is 0 Å². The normalized spacial score (nSPS) is 10.7. The molecule has 0 atom stereocenters. The van der Waals surface area contributed by atoms with Gasteiger partial charge in [0.25, 0.3) is 5.91 Å². The highest BCUT2D eigenvalue weighted by atomic mass is 16.1. The average Bonchev–Trinajstić information content (AvgIpc) is 2.86. The first-order valence-electron chi connectivity index (χ1n) is 5.78. The molecule has 0 unspecified atom stereocenters. The lowest BCUT2D eigenvalue weighted by Gasteiger charge is -2.06. The van der Waals surface area contributed by atoms with E-state index >= 15 is 0 Å². The van der Waals surface area contributed by atoms with E-state index in [2.05, 4.69) is 9.97 Å². The second kappa shape index (κ2) is 4.13. The van der Waals surface area contributed by atoms with Gasteiger partial charge >= 0.3 is 0 Å². The van der Waals surface area contributed by atoms with Crippen molar-refractivity contribution in [2.24, 2.45) is 5.73 Å². The van der Waals surface area contributed by atoms with Gasteiger partial charge in [-0.05, 0) is 18.2 Å². The van der Waals surface area contributed by atoms with Crippen LogP contribution < -0.4 is 11.5 Å². The van der Waals surface area contributed by atoms with Crippen molar-refractivity contribution in [3.05, 3.63) is 48.3 Å². The van der Waals surface area contributed by atoms with Gasteiger partial charge in [-0.25, -0.2) is 0 Å². The van der Waals surface area contributed by atoms with Crippen molar-refractivity contribution in [3.63, 3.8) is 0 Å². The molecule has 0 saturated heterocycles. The van der Waals surface area contributed by atoms with E-state index in [9.17, 15) is 4.79 Å². The average molecular weight is 252 g/mol. The van der Waals surface area contributed by atoms with Gasteiger partial charge in [0, 0.05) is 29.0 Å². The number of nitrogens with two attached hydrogens (primary N) is 2. The molecule has 3 aromatic rings. The van der Waals surface area contributed by atoms with Crippen molar-refractivity contribution in [2.45, 2.75) is 0 Å². The van der Waals surface area contributed by atoms with Crippen molar-refractivity contribution in [1.82, 2.24) is 9.97 Å². The Kier molecular flexibility index (Phi) is 2.45. The molecule has 5 N–H and O–H groups in total. The Morgan fingerprint density at radius 2 is 2.11 bits per heavy atom. The molecular weight excluding hydrogens is 240 g/mol. The monoisotopic (exact) mass is 252 g/mol. The summed E-state index contributed by atoms with van der Waals surface area (Å²) in [4.78, 5) is 18.7. The summed E-state index contributed by atoms with van der Waals surface area (Å²) in [6, 6.07) is 9.32. The van der Waals surface area contributed by atoms with Gasteiger partial charge in [-0.3, -0.25) is 9.78 Å². The number of nitrogen functional groups attached to an aromatic ring is 1. The van der Waals surface area contributed by atoms with Crippen LogP contribution in [0.25, 0.3) is 22.2 Å². The van der Waals surface area contributed by atoms with Gasteiger partial charge in [0.15, 0.2) is 0 Å². The van der Waals surface area contributed by atoms with Crippen LogP contribution >= 0.6 is 0 Å². The maximum Gasteiger partial charge on any atom is 0.252 e. The van der Waals surface area contributed by atoms with Crippen LogP contribution in [0.1, 0.15) is 10.4 Å². The lowest BCUT2D eigenvalue weighted by atomic mass is 10.1. The number of nitrogens with one attached hydrogen (secondary N) is 1. The van der Waals surface area contributed by atoms with E-state index < -0.39 is 5.91 Å². The number of primary amides is 1. The maximum absolute atomic E-state index is 11.4. The van der Waals surface area contributed by atoms with Crippen LogP contribution in [0.2, 0.25) is 0 Å². The number of aromatic nitrogens is 2. The highest BCUT2D eigenvalue weighted by Gasteiger charge is 2.13. The van der Waals surface area contributed by atoms with E-state index in [1.165, 1.54) is 6.20 Å². The maximum atomic E-state index is 11.4. The van der Waals surface area contributed by atoms with Crippen molar-refractivity contribution in [3.8, 4) is 11.3 Å². The van der Waals surface area contributed by atoms with E-state index in [1.54, 1.807) is 6.20 Å². The first-order valence-corrected chi connectivity index (χ1v) is 5.78. The summed E-state index contributed by atoms with van der Waals surface area (Å²) in [7, 11) is 0. The largest absolute Gasteiger partial charge is 0.399 e. The number of benzene rings is 1. The molecule has 0 spiro atoms. The highest BCUT2D eigenvalue weighted by molar-refractivity contribution is 6.07. The SMILES string of the molecule is NC(=O)c1cnc(-c2cccc(N)c2)c2cc[nH]c12. The molecule has 1 aromatic carbocycles. The summed E-state index contributed by atoms with van der Waals surface area (Å²) in [6.45, 7) is 0. The zero-order valence-corrected chi connectivity index (χ0v) is 10.1. The molecule has 19 heavy (non-hydrogen) atoms. The predicted octanol–water partition coefficient (Wildman–Crippen LogP) is 1.91. The molecule has 94 valence electrons. The van der Waals surface area contributed by atoms with E-state index in [-0.39, 0.29) is 0 Å². The molecular formula is C14H12N4O. The summed E-state index contributed by atoms with van der Waals surface area (Å²) < 4.78 is 0. The van der Waals surface area contributed by atoms with E-state index in [1.807, 2.05) is 30.3 Å². The number of carbonyl (C=O) groups is 1. The summed E-state index contributed by atoms with van der Waals surface area (Å²) in [5, 5.41) is 0.849. The Balaban J connectivity index is 2.29. The fraction of sp³-hybridized carbons (Fsp3) is 0. The van der Waals surface area contributed by atoms with Crippen molar-refractivity contribution in [2.75, 3.05) is 5.73 Å². The summed E-state index contributed by atoms with van der Waals surface area (Å²) >= 11 is 0. The van der Waals surface area contributed by atoms with Gasteiger partial charge in [0.2, 0.25) is 0 Å². The minimum atomic E-state index is -0.501. The Hall–Kier alpha value is -2.82. The third kappa shape index (κ3) is 1.81. The minimum absolute atomic E-state index is 0.382. The highest BCUT2D eigenvalue weighted by Crippen LogP contribution is 2.28. The lowest BCUT2D eigenvalue weighted by Crippen LogP contribution is -2.12. The molecule has 2 aromatic heterocycles. The standard InChI is InChI=1S/C14H12N4O/c15-9-3-1-2-8(6-9)12-10-4-5-17-13(10)11(7-18-12)14(16)19/h1-7,17H,15H2,(H2,16,19). The number of pyridine rings is 1. The number of H-pyrrole nitrogens is 1. The van der Waals surface area contributed by atoms with Gasteiger partial charge in [0.05, 0.1) is 16.8 Å². The first kappa shape index (κ1) is 11.3. The Bertz CT molecular complexity index is 776. The molecule has 0 aliphatic carbocycles. The van der Waals surface area contributed by atoms with Gasteiger partial charge in [-0.1, -0.05) is 12.1 Å². The fourth-order valence-electron chi connectivity index (χ4n) is 2.16.